The van der Waals surface area contributed by atoms with E-state index in [4.69, 9.17) is 0 Å². The van der Waals surface area contributed by atoms with Crippen LogP contribution in [-0.2, 0) is 0 Å². The third-order valence-electron chi connectivity index (χ3n) is 3.35. The van der Waals surface area contributed by atoms with Gasteiger partial charge in [-0.2, -0.15) is 0 Å². The Hall–Kier alpha value is -2.22. The molecule has 1 atom stereocenters. The maximum Gasteiger partial charge on any atom is 0.191 e. The summed E-state index contributed by atoms with van der Waals surface area (Å²) in [7, 11) is 0. The zero-order valence-corrected chi connectivity index (χ0v) is 11.4. The summed E-state index contributed by atoms with van der Waals surface area (Å²) in [6, 6.07) is 18.6. The molecule has 0 aliphatic rings. The summed E-state index contributed by atoms with van der Waals surface area (Å²) in [5.41, 5.74) is 1.84. The zero-order valence-electron chi connectivity index (χ0n) is 11.4. The fraction of sp³-hybridized carbons (Fsp3) is 0.167. The first-order valence-electron chi connectivity index (χ1n) is 6.66. The lowest BCUT2D eigenvalue weighted by Crippen LogP contribution is -2.06. The van der Waals surface area contributed by atoms with Gasteiger partial charge in [-0.25, -0.2) is 4.39 Å². The Morgan fingerprint density at radius 2 is 1.60 bits per heavy atom. The number of hydrogen-bond acceptors (Lipinski definition) is 1. The van der Waals surface area contributed by atoms with E-state index in [1.807, 2.05) is 43.3 Å². The summed E-state index contributed by atoms with van der Waals surface area (Å²) >= 11 is 0. The molecule has 2 aromatic carbocycles. The number of Topliss-reactive ketones (excluding diaryl/α,β-unsaturated/α-hetero) is 1. The summed E-state index contributed by atoms with van der Waals surface area (Å²) in [5, 5.41) is 0. The number of halogens is 1. The van der Waals surface area contributed by atoms with Crippen LogP contribution in [-0.4, -0.2) is 5.78 Å². The van der Waals surface area contributed by atoms with Crippen LogP contribution in [0, 0.1) is 0 Å². The number of rotatable bonds is 5. The molecule has 0 fully saturated rings. The highest BCUT2D eigenvalue weighted by molar-refractivity contribution is 6.08. The molecule has 0 N–H and O–H groups in total. The minimum atomic E-state index is -0.240. The van der Waals surface area contributed by atoms with Crippen LogP contribution in [0.2, 0.25) is 0 Å². The van der Waals surface area contributed by atoms with E-state index in [2.05, 4.69) is 0 Å². The first-order valence-corrected chi connectivity index (χ1v) is 6.66. The smallest absolute Gasteiger partial charge is 0.191 e. The van der Waals surface area contributed by atoms with Gasteiger partial charge in [-0.1, -0.05) is 67.6 Å². The van der Waals surface area contributed by atoms with Crippen molar-refractivity contribution in [2.45, 2.75) is 19.3 Å². The second-order valence-corrected chi connectivity index (χ2v) is 4.85. The van der Waals surface area contributed by atoms with Crippen molar-refractivity contribution in [2.24, 2.45) is 0 Å². The van der Waals surface area contributed by atoms with Crippen LogP contribution < -0.4 is 0 Å². The molecule has 102 valence electrons. The minimum Gasteiger partial charge on any atom is -0.289 e. The van der Waals surface area contributed by atoms with Crippen LogP contribution in [0.3, 0.4) is 0 Å². The Kier molecular flexibility index (Phi) is 4.83. The van der Waals surface area contributed by atoms with Crippen molar-refractivity contribution >= 4 is 5.78 Å². The van der Waals surface area contributed by atoms with Crippen LogP contribution in [0.15, 0.2) is 72.6 Å². The predicted octanol–water partition coefficient (Wildman–Crippen LogP) is 4.92. The van der Waals surface area contributed by atoms with E-state index in [0.717, 1.165) is 5.56 Å². The van der Waals surface area contributed by atoms with Gasteiger partial charge in [0.05, 0.1) is 6.33 Å². The minimum absolute atomic E-state index is 0.103. The fourth-order valence-corrected chi connectivity index (χ4v) is 2.19. The van der Waals surface area contributed by atoms with Crippen LogP contribution >= 0.6 is 0 Å². The van der Waals surface area contributed by atoms with E-state index in [-0.39, 0.29) is 17.3 Å². The van der Waals surface area contributed by atoms with Gasteiger partial charge >= 0.3 is 0 Å². The quantitative estimate of drug-likeness (QED) is 0.556. The van der Waals surface area contributed by atoms with Crippen LogP contribution in [0.4, 0.5) is 4.39 Å². The number of allylic oxidation sites excluding steroid dienone is 1. The summed E-state index contributed by atoms with van der Waals surface area (Å²) in [6.07, 6.45) is 0.836. The largest absolute Gasteiger partial charge is 0.289 e. The molecule has 0 radical (unpaired) electrons. The number of carbonyl (C=O) groups excluding carboxylic acids is 1. The Balaban J connectivity index is 2.13. The Morgan fingerprint density at radius 1 is 1.05 bits per heavy atom. The molecule has 0 heterocycles. The molecule has 0 aliphatic carbocycles. The number of hydrogen-bond donors (Lipinski definition) is 0. The van der Waals surface area contributed by atoms with Crippen molar-refractivity contribution in [2.75, 3.05) is 0 Å². The van der Waals surface area contributed by atoms with Gasteiger partial charge in [-0.15, -0.1) is 0 Å². The highest BCUT2D eigenvalue weighted by Gasteiger charge is 2.16. The normalized spacial score (nSPS) is 13.0. The van der Waals surface area contributed by atoms with Gasteiger partial charge < -0.3 is 0 Å². The van der Waals surface area contributed by atoms with Crippen molar-refractivity contribution in [3.05, 3.63) is 83.7 Å². The summed E-state index contributed by atoms with van der Waals surface area (Å²) in [5.74, 6) is -0.137. The monoisotopic (exact) mass is 268 g/mol. The Morgan fingerprint density at radius 3 is 2.15 bits per heavy atom. The topological polar surface area (TPSA) is 17.1 Å². The van der Waals surface area contributed by atoms with Gasteiger partial charge in [0.1, 0.15) is 0 Å². The highest BCUT2D eigenvalue weighted by atomic mass is 19.1. The van der Waals surface area contributed by atoms with Gasteiger partial charge in [0.25, 0.3) is 0 Å². The molecule has 0 amide bonds. The SMILES string of the molecule is CC(C/C(=C\F)C(=O)c1ccccc1)c1ccccc1. The maximum atomic E-state index is 13.1. The van der Waals surface area contributed by atoms with Crippen molar-refractivity contribution in [1.29, 1.82) is 0 Å². The number of benzene rings is 2. The van der Waals surface area contributed by atoms with E-state index in [0.29, 0.717) is 18.3 Å². The van der Waals surface area contributed by atoms with Gasteiger partial charge in [0.2, 0.25) is 0 Å². The molecule has 20 heavy (non-hydrogen) atoms. The average Bonchev–Trinajstić information content (AvgIpc) is 2.53. The van der Waals surface area contributed by atoms with Crippen LogP contribution in [0.5, 0.6) is 0 Å². The summed E-state index contributed by atoms with van der Waals surface area (Å²) in [6.45, 7) is 2.00. The third-order valence-corrected chi connectivity index (χ3v) is 3.35. The van der Waals surface area contributed by atoms with E-state index >= 15 is 0 Å². The Labute approximate surface area is 118 Å². The van der Waals surface area contributed by atoms with E-state index in [1.54, 1.807) is 24.3 Å². The zero-order chi connectivity index (χ0) is 14.4. The molecular formula is C18H17FO. The molecule has 2 aromatic rings. The first kappa shape index (κ1) is 14.2. The molecule has 1 nitrogen and oxygen atoms in total. The second kappa shape index (κ2) is 6.80. The summed E-state index contributed by atoms with van der Waals surface area (Å²) < 4.78 is 13.1. The molecule has 0 saturated heterocycles. The van der Waals surface area contributed by atoms with E-state index < -0.39 is 0 Å². The van der Waals surface area contributed by atoms with E-state index in [9.17, 15) is 9.18 Å². The predicted molar refractivity (Wildman–Crippen MR) is 79.4 cm³/mol. The number of carbonyl (C=O) groups is 1. The van der Waals surface area contributed by atoms with Crippen molar-refractivity contribution < 1.29 is 9.18 Å². The molecule has 0 aromatic heterocycles. The van der Waals surface area contributed by atoms with Crippen LogP contribution in [0.25, 0.3) is 0 Å². The Bertz CT molecular complexity index is 587. The molecule has 2 rings (SSSR count). The number of ketones is 1. The van der Waals surface area contributed by atoms with E-state index in [1.165, 1.54) is 0 Å². The van der Waals surface area contributed by atoms with Gasteiger partial charge in [-0.05, 0) is 17.9 Å². The maximum absolute atomic E-state index is 13.1. The standard InChI is InChI=1S/C18H17FO/c1-14(15-8-4-2-5-9-15)12-17(13-19)18(20)16-10-6-3-7-11-16/h2-11,13-14H,12H2,1H3/b17-13+. The molecular weight excluding hydrogens is 251 g/mol. The molecule has 0 saturated carbocycles. The highest BCUT2D eigenvalue weighted by Crippen LogP contribution is 2.25. The molecule has 0 bridgehead atoms. The second-order valence-electron chi connectivity index (χ2n) is 4.85. The third kappa shape index (κ3) is 3.41. The van der Waals surface area contributed by atoms with Gasteiger partial charge in [-0.3, -0.25) is 4.79 Å². The average molecular weight is 268 g/mol. The van der Waals surface area contributed by atoms with Crippen molar-refractivity contribution in [3.63, 3.8) is 0 Å². The van der Waals surface area contributed by atoms with Crippen molar-refractivity contribution in [1.82, 2.24) is 0 Å². The lowest BCUT2D eigenvalue weighted by atomic mass is 9.91. The lowest BCUT2D eigenvalue weighted by molar-refractivity contribution is 0.102. The van der Waals surface area contributed by atoms with Gasteiger partial charge in [0.15, 0.2) is 5.78 Å². The first-order chi connectivity index (χ1) is 9.72. The van der Waals surface area contributed by atoms with Crippen LogP contribution in [0.1, 0.15) is 35.2 Å². The fourth-order valence-electron chi connectivity index (χ4n) is 2.19. The molecule has 1 unspecified atom stereocenters. The molecule has 0 spiro atoms. The molecule has 0 aliphatic heterocycles. The van der Waals surface area contributed by atoms with Gasteiger partial charge in [0, 0.05) is 11.1 Å². The van der Waals surface area contributed by atoms with Crippen molar-refractivity contribution in [3.8, 4) is 0 Å². The molecule has 2 heteroatoms. The summed E-state index contributed by atoms with van der Waals surface area (Å²) in [4.78, 5) is 12.2. The lowest BCUT2D eigenvalue weighted by Gasteiger charge is -2.13.